The van der Waals surface area contributed by atoms with Gasteiger partial charge in [-0.3, -0.25) is 0 Å². The lowest BCUT2D eigenvalue weighted by molar-refractivity contribution is 0.524. The Bertz CT molecular complexity index is 404. The van der Waals surface area contributed by atoms with Crippen molar-refractivity contribution < 1.29 is 0 Å². The largest absolute Gasteiger partial charge is 0.347 e. The van der Waals surface area contributed by atoms with Crippen molar-refractivity contribution in [2.24, 2.45) is 7.05 Å². The summed E-state index contributed by atoms with van der Waals surface area (Å²) in [7, 11) is 1.93. The van der Waals surface area contributed by atoms with Crippen LogP contribution in [0.15, 0.2) is 18.9 Å². The lowest BCUT2D eigenvalue weighted by Gasteiger charge is -2.11. The van der Waals surface area contributed by atoms with E-state index in [0.29, 0.717) is 0 Å². The van der Waals surface area contributed by atoms with Gasteiger partial charge < -0.3 is 14.9 Å². The lowest BCUT2D eigenvalue weighted by atomic mass is 10.3. The number of hydrogen-bond donors (Lipinski definition) is 2. The monoisotopic (exact) mass is 206 g/mol. The van der Waals surface area contributed by atoms with Gasteiger partial charge in [-0.2, -0.15) is 0 Å². The van der Waals surface area contributed by atoms with Crippen LogP contribution in [0.2, 0.25) is 0 Å². The Morgan fingerprint density at radius 1 is 1.60 bits per heavy atom. The number of aromatic amines is 1. The van der Waals surface area contributed by atoms with Gasteiger partial charge in [0.25, 0.3) is 0 Å². The van der Waals surface area contributed by atoms with E-state index in [-0.39, 0.29) is 6.04 Å². The Morgan fingerprint density at radius 3 is 3.07 bits per heavy atom. The van der Waals surface area contributed by atoms with E-state index in [1.165, 1.54) is 0 Å². The zero-order valence-electron chi connectivity index (χ0n) is 8.81. The SMILES string of the molecule is CC(NCc1cnc[nH]1)c1nncn1C. The number of imidazole rings is 1. The number of aromatic nitrogens is 5. The molecule has 2 heterocycles. The molecule has 1 atom stereocenters. The Balaban J connectivity index is 1.93. The number of H-pyrrole nitrogens is 1. The highest BCUT2D eigenvalue weighted by molar-refractivity contribution is 4.97. The number of aryl methyl sites for hydroxylation is 1. The van der Waals surface area contributed by atoms with Crippen molar-refractivity contribution in [1.82, 2.24) is 30.0 Å². The Morgan fingerprint density at radius 2 is 2.47 bits per heavy atom. The van der Waals surface area contributed by atoms with Gasteiger partial charge in [-0.15, -0.1) is 10.2 Å². The average molecular weight is 206 g/mol. The first kappa shape index (κ1) is 9.85. The molecule has 0 aliphatic heterocycles. The quantitative estimate of drug-likeness (QED) is 0.759. The zero-order valence-corrected chi connectivity index (χ0v) is 8.81. The average Bonchev–Trinajstić information content (AvgIpc) is 2.84. The van der Waals surface area contributed by atoms with Crippen LogP contribution in [0.5, 0.6) is 0 Å². The maximum absolute atomic E-state index is 4.04. The molecule has 80 valence electrons. The molecular weight excluding hydrogens is 192 g/mol. The third-order valence-electron chi connectivity index (χ3n) is 2.29. The molecular formula is C9H14N6. The Kier molecular flexibility index (Phi) is 2.77. The molecule has 2 rings (SSSR count). The van der Waals surface area contributed by atoms with Crippen LogP contribution in [-0.2, 0) is 13.6 Å². The summed E-state index contributed by atoms with van der Waals surface area (Å²) < 4.78 is 1.91. The second-order valence-electron chi connectivity index (χ2n) is 3.48. The summed E-state index contributed by atoms with van der Waals surface area (Å²) in [5.41, 5.74) is 1.06. The van der Waals surface area contributed by atoms with Crippen molar-refractivity contribution in [3.63, 3.8) is 0 Å². The van der Waals surface area contributed by atoms with Crippen LogP contribution in [0, 0.1) is 0 Å². The molecule has 2 aromatic heterocycles. The number of hydrogen-bond acceptors (Lipinski definition) is 4. The van der Waals surface area contributed by atoms with E-state index >= 15 is 0 Å². The van der Waals surface area contributed by atoms with Gasteiger partial charge in [-0.1, -0.05) is 0 Å². The third kappa shape index (κ3) is 2.21. The molecule has 6 heteroatoms. The molecule has 0 aliphatic carbocycles. The topological polar surface area (TPSA) is 71.4 Å². The molecule has 0 amide bonds. The smallest absolute Gasteiger partial charge is 0.149 e. The van der Waals surface area contributed by atoms with Gasteiger partial charge in [0.1, 0.15) is 12.2 Å². The van der Waals surface area contributed by atoms with Gasteiger partial charge in [0.2, 0.25) is 0 Å². The predicted molar refractivity (Wildman–Crippen MR) is 54.8 cm³/mol. The predicted octanol–water partition coefficient (Wildman–Crippen LogP) is 0.389. The fourth-order valence-electron chi connectivity index (χ4n) is 1.42. The van der Waals surface area contributed by atoms with E-state index in [9.17, 15) is 0 Å². The second-order valence-corrected chi connectivity index (χ2v) is 3.48. The summed E-state index contributed by atoms with van der Waals surface area (Å²) in [4.78, 5) is 6.99. The summed E-state index contributed by atoms with van der Waals surface area (Å²) in [6.07, 6.45) is 5.17. The van der Waals surface area contributed by atoms with Crippen LogP contribution in [0.25, 0.3) is 0 Å². The van der Waals surface area contributed by atoms with Crippen LogP contribution >= 0.6 is 0 Å². The molecule has 1 unspecified atom stereocenters. The van der Waals surface area contributed by atoms with Crippen molar-refractivity contribution in [3.8, 4) is 0 Å². The van der Waals surface area contributed by atoms with Crippen LogP contribution in [0.1, 0.15) is 24.5 Å². The molecule has 0 fully saturated rings. The molecule has 0 aliphatic rings. The molecule has 6 nitrogen and oxygen atoms in total. The van der Waals surface area contributed by atoms with Crippen LogP contribution < -0.4 is 5.32 Å². The van der Waals surface area contributed by atoms with Crippen molar-refractivity contribution >= 4 is 0 Å². The minimum Gasteiger partial charge on any atom is -0.347 e. The summed E-state index contributed by atoms with van der Waals surface area (Å²) in [5, 5.41) is 11.2. The Labute approximate surface area is 87.8 Å². The standard InChI is InChI=1S/C9H14N6/c1-7(9-14-13-6-15(9)2)11-4-8-3-10-5-12-8/h3,5-7,11H,4H2,1-2H3,(H,10,12). The van der Waals surface area contributed by atoms with Crippen molar-refractivity contribution in [3.05, 3.63) is 30.4 Å². The molecule has 0 spiro atoms. The minimum absolute atomic E-state index is 0.167. The highest BCUT2D eigenvalue weighted by Crippen LogP contribution is 2.07. The lowest BCUT2D eigenvalue weighted by Crippen LogP contribution is -2.21. The zero-order chi connectivity index (χ0) is 10.7. The number of rotatable bonds is 4. The van der Waals surface area contributed by atoms with E-state index in [0.717, 1.165) is 18.1 Å². The minimum atomic E-state index is 0.167. The summed E-state index contributed by atoms with van der Waals surface area (Å²) >= 11 is 0. The molecule has 15 heavy (non-hydrogen) atoms. The van der Waals surface area contributed by atoms with Gasteiger partial charge >= 0.3 is 0 Å². The van der Waals surface area contributed by atoms with E-state index < -0.39 is 0 Å². The summed E-state index contributed by atoms with van der Waals surface area (Å²) in [5.74, 6) is 0.925. The summed E-state index contributed by atoms with van der Waals surface area (Å²) in [6.45, 7) is 2.80. The van der Waals surface area contributed by atoms with Gasteiger partial charge in [0.05, 0.1) is 12.4 Å². The van der Waals surface area contributed by atoms with Crippen molar-refractivity contribution in [2.75, 3.05) is 0 Å². The molecule has 0 aromatic carbocycles. The van der Waals surface area contributed by atoms with E-state index in [1.807, 2.05) is 11.6 Å². The van der Waals surface area contributed by atoms with E-state index in [4.69, 9.17) is 0 Å². The molecule has 2 aromatic rings. The van der Waals surface area contributed by atoms with E-state index in [2.05, 4.69) is 32.4 Å². The van der Waals surface area contributed by atoms with Crippen LogP contribution in [0.4, 0.5) is 0 Å². The third-order valence-corrected chi connectivity index (χ3v) is 2.29. The molecule has 0 saturated carbocycles. The Hall–Kier alpha value is -1.69. The molecule has 0 radical (unpaired) electrons. The number of nitrogens with one attached hydrogen (secondary N) is 2. The second kappa shape index (κ2) is 4.22. The molecule has 2 N–H and O–H groups in total. The van der Waals surface area contributed by atoms with Gasteiger partial charge in [-0.25, -0.2) is 4.98 Å². The van der Waals surface area contributed by atoms with Gasteiger partial charge in [-0.05, 0) is 6.92 Å². The fourth-order valence-corrected chi connectivity index (χ4v) is 1.42. The highest BCUT2D eigenvalue weighted by Gasteiger charge is 2.10. The first-order valence-corrected chi connectivity index (χ1v) is 4.82. The molecule has 0 saturated heterocycles. The highest BCUT2D eigenvalue weighted by atomic mass is 15.3. The van der Waals surface area contributed by atoms with Crippen molar-refractivity contribution in [1.29, 1.82) is 0 Å². The maximum atomic E-state index is 4.04. The summed E-state index contributed by atoms with van der Waals surface area (Å²) in [6, 6.07) is 0.167. The maximum Gasteiger partial charge on any atom is 0.149 e. The first-order valence-electron chi connectivity index (χ1n) is 4.82. The first-order chi connectivity index (χ1) is 7.27. The van der Waals surface area contributed by atoms with Crippen LogP contribution in [-0.4, -0.2) is 24.7 Å². The number of nitrogens with zero attached hydrogens (tertiary/aromatic N) is 4. The van der Waals surface area contributed by atoms with Gasteiger partial charge in [0, 0.05) is 25.5 Å². The van der Waals surface area contributed by atoms with Crippen LogP contribution in [0.3, 0.4) is 0 Å². The van der Waals surface area contributed by atoms with Gasteiger partial charge in [0.15, 0.2) is 0 Å². The van der Waals surface area contributed by atoms with Crippen molar-refractivity contribution in [2.45, 2.75) is 19.5 Å². The fraction of sp³-hybridized carbons (Fsp3) is 0.444. The van der Waals surface area contributed by atoms with E-state index in [1.54, 1.807) is 18.9 Å². The normalized spacial score (nSPS) is 12.9. The molecule has 0 bridgehead atoms.